The summed E-state index contributed by atoms with van der Waals surface area (Å²) in [4.78, 5) is 3.43. The van der Waals surface area contributed by atoms with Crippen LogP contribution in [0.25, 0.3) is 22.0 Å². The first-order valence-electron chi connectivity index (χ1n) is 12.2. The van der Waals surface area contributed by atoms with Crippen molar-refractivity contribution in [3.8, 4) is 11.1 Å². The van der Waals surface area contributed by atoms with Crippen LogP contribution >= 0.6 is 0 Å². The van der Waals surface area contributed by atoms with Crippen molar-refractivity contribution >= 4 is 20.9 Å². The summed E-state index contributed by atoms with van der Waals surface area (Å²) in [5, 5.41) is 4.87. The van der Waals surface area contributed by atoms with E-state index in [2.05, 4.69) is 79.7 Å². The van der Waals surface area contributed by atoms with E-state index in [4.69, 9.17) is 0 Å². The molecular weight excluding hydrogens is 430 g/mol. The van der Waals surface area contributed by atoms with Gasteiger partial charge in [-0.1, -0.05) is 38.1 Å². The summed E-state index contributed by atoms with van der Waals surface area (Å²) in [6.45, 7) is 10.6. The standard InChI is InChI=1S/C27H37N3O2S/c1-5-33(31,32)30-13-11-21(12-14-30)26-18-29-27-10-9-24(16-25(26)27)23-8-6-7-22(15-23)20(4)28-17-19(2)3/h6-10,15-16,18-21,28-29H,5,11-14,17H2,1-4H3. The lowest BCUT2D eigenvalue weighted by Crippen LogP contribution is -2.38. The number of sulfonamides is 1. The van der Waals surface area contributed by atoms with Crippen LogP contribution < -0.4 is 5.32 Å². The Morgan fingerprint density at radius 3 is 2.48 bits per heavy atom. The summed E-state index contributed by atoms with van der Waals surface area (Å²) < 4.78 is 26.1. The van der Waals surface area contributed by atoms with Gasteiger partial charge >= 0.3 is 0 Å². The number of fused-ring (bicyclic) bond motifs is 1. The van der Waals surface area contributed by atoms with Crippen molar-refractivity contribution in [2.24, 2.45) is 5.92 Å². The predicted octanol–water partition coefficient (Wildman–Crippen LogP) is 5.67. The highest BCUT2D eigenvalue weighted by Crippen LogP contribution is 2.36. The molecule has 0 amide bonds. The normalized spacial score (nSPS) is 17.1. The average molecular weight is 468 g/mol. The molecule has 1 aliphatic heterocycles. The van der Waals surface area contributed by atoms with E-state index in [-0.39, 0.29) is 5.75 Å². The highest BCUT2D eigenvalue weighted by Gasteiger charge is 2.28. The van der Waals surface area contributed by atoms with Crippen LogP contribution in [0, 0.1) is 5.92 Å². The molecule has 33 heavy (non-hydrogen) atoms. The molecule has 0 radical (unpaired) electrons. The lowest BCUT2D eigenvalue weighted by molar-refractivity contribution is 0.321. The Balaban J connectivity index is 1.56. The molecule has 1 atom stereocenters. The van der Waals surface area contributed by atoms with Crippen molar-refractivity contribution in [2.45, 2.75) is 52.5 Å². The van der Waals surface area contributed by atoms with Gasteiger partial charge in [-0.15, -0.1) is 0 Å². The molecule has 6 heteroatoms. The molecule has 5 nitrogen and oxygen atoms in total. The van der Waals surface area contributed by atoms with Gasteiger partial charge in [-0.25, -0.2) is 12.7 Å². The van der Waals surface area contributed by atoms with Crippen LogP contribution in [0.5, 0.6) is 0 Å². The molecule has 2 aromatic carbocycles. The Labute approximate surface area is 198 Å². The number of aromatic amines is 1. The van der Waals surface area contributed by atoms with Crippen molar-refractivity contribution in [3.05, 3.63) is 59.8 Å². The first-order chi connectivity index (χ1) is 15.8. The molecule has 1 unspecified atom stereocenters. The lowest BCUT2D eigenvalue weighted by Gasteiger charge is -2.30. The largest absolute Gasteiger partial charge is 0.361 e. The second kappa shape index (κ2) is 10.00. The van der Waals surface area contributed by atoms with Crippen LogP contribution in [0.4, 0.5) is 0 Å². The van der Waals surface area contributed by atoms with E-state index in [1.54, 1.807) is 11.2 Å². The fraction of sp³-hybridized carbons (Fsp3) is 0.481. The molecule has 1 aromatic heterocycles. The first kappa shape index (κ1) is 24.0. The minimum atomic E-state index is -3.10. The van der Waals surface area contributed by atoms with Gasteiger partial charge in [-0.3, -0.25) is 0 Å². The molecule has 4 rings (SSSR count). The molecule has 2 N–H and O–H groups in total. The summed E-state index contributed by atoms with van der Waals surface area (Å²) in [5.74, 6) is 1.18. The Morgan fingerprint density at radius 2 is 1.79 bits per heavy atom. The van der Waals surface area contributed by atoms with Crippen LogP contribution in [-0.4, -0.2) is 43.1 Å². The SMILES string of the molecule is CCS(=O)(=O)N1CCC(c2c[nH]c3ccc(-c4cccc(C(C)NCC(C)C)c4)cc23)CC1. The zero-order chi connectivity index (χ0) is 23.6. The Hall–Kier alpha value is -2.15. The fourth-order valence-electron chi connectivity index (χ4n) is 4.80. The third-order valence-corrected chi connectivity index (χ3v) is 8.80. The van der Waals surface area contributed by atoms with E-state index < -0.39 is 10.0 Å². The topological polar surface area (TPSA) is 65.2 Å². The van der Waals surface area contributed by atoms with Crippen LogP contribution in [0.15, 0.2) is 48.7 Å². The second-order valence-corrected chi connectivity index (χ2v) is 12.0. The summed E-state index contributed by atoms with van der Waals surface area (Å²) in [7, 11) is -3.10. The third kappa shape index (κ3) is 5.34. The number of piperidine rings is 1. The summed E-state index contributed by atoms with van der Waals surface area (Å²) in [6, 6.07) is 15.8. The molecule has 0 aliphatic carbocycles. The van der Waals surface area contributed by atoms with Crippen molar-refractivity contribution < 1.29 is 8.42 Å². The lowest BCUT2D eigenvalue weighted by atomic mass is 9.89. The predicted molar refractivity (Wildman–Crippen MR) is 138 cm³/mol. The molecular formula is C27H37N3O2S. The second-order valence-electron chi connectivity index (χ2n) is 9.73. The van der Waals surface area contributed by atoms with Crippen molar-refractivity contribution in [3.63, 3.8) is 0 Å². The number of aromatic nitrogens is 1. The molecule has 0 bridgehead atoms. The minimum absolute atomic E-state index is 0.179. The molecule has 0 saturated carbocycles. The van der Waals surface area contributed by atoms with E-state index in [1.807, 2.05) is 0 Å². The smallest absolute Gasteiger partial charge is 0.213 e. The maximum absolute atomic E-state index is 12.2. The molecule has 2 heterocycles. The summed E-state index contributed by atoms with van der Waals surface area (Å²) in [6.07, 6.45) is 3.85. The summed E-state index contributed by atoms with van der Waals surface area (Å²) in [5.41, 5.74) is 6.19. The number of rotatable bonds is 8. The van der Waals surface area contributed by atoms with Crippen LogP contribution in [0.3, 0.4) is 0 Å². The molecule has 1 fully saturated rings. The van der Waals surface area contributed by atoms with Gasteiger partial charge in [0.25, 0.3) is 0 Å². The maximum Gasteiger partial charge on any atom is 0.213 e. The van der Waals surface area contributed by atoms with Gasteiger partial charge in [-0.2, -0.15) is 0 Å². The van der Waals surface area contributed by atoms with Crippen molar-refractivity contribution in [1.29, 1.82) is 0 Å². The van der Waals surface area contributed by atoms with Gasteiger partial charge in [0.2, 0.25) is 10.0 Å². The number of benzene rings is 2. The number of H-pyrrole nitrogens is 1. The molecule has 178 valence electrons. The van der Waals surface area contributed by atoms with Gasteiger partial charge in [-0.05, 0) is 85.5 Å². The number of hydrogen-bond acceptors (Lipinski definition) is 3. The van der Waals surface area contributed by atoms with E-state index in [0.29, 0.717) is 31.0 Å². The molecule has 1 aliphatic rings. The van der Waals surface area contributed by atoms with Crippen LogP contribution in [0.1, 0.15) is 63.6 Å². The first-order valence-corrected chi connectivity index (χ1v) is 13.8. The van der Waals surface area contributed by atoms with Gasteiger partial charge in [0, 0.05) is 36.2 Å². The van der Waals surface area contributed by atoms with Gasteiger partial charge in [0.05, 0.1) is 5.75 Å². The van der Waals surface area contributed by atoms with Gasteiger partial charge < -0.3 is 10.3 Å². The van der Waals surface area contributed by atoms with E-state index in [9.17, 15) is 8.42 Å². The Bertz CT molecular complexity index is 1190. The van der Waals surface area contributed by atoms with Crippen LogP contribution in [-0.2, 0) is 10.0 Å². The number of nitrogens with zero attached hydrogens (tertiary/aromatic N) is 1. The monoisotopic (exact) mass is 467 g/mol. The fourth-order valence-corrected chi connectivity index (χ4v) is 5.94. The van der Waals surface area contributed by atoms with Crippen LogP contribution in [0.2, 0.25) is 0 Å². The van der Waals surface area contributed by atoms with Crippen molar-refractivity contribution in [2.75, 3.05) is 25.4 Å². The van der Waals surface area contributed by atoms with E-state index in [1.165, 1.54) is 27.6 Å². The van der Waals surface area contributed by atoms with E-state index >= 15 is 0 Å². The van der Waals surface area contributed by atoms with Gasteiger partial charge in [0.15, 0.2) is 0 Å². The molecule has 1 saturated heterocycles. The summed E-state index contributed by atoms with van der Waals surface area (Å²) >= 11 is 0. The minimum Gasteiger partial charge on any atom is -0.361 e. The average Bonchev–Trinajstić information content (AvgIpc) is 3.26. The molecule has 3 aromatic rings. The van der Waals surface area contributed by atoms with Gasteiger partial charge in [0.1, 0.15) is 0 Å². The highest BCUT2D eigenvalue weighted by atomic mass is 32.2. The number of hydrogen-bond donors (Lipinski definition) is 2. The maximum atomic E-state index is 12.2. The van der Waals surface area contributed by atoms with Crippen molar-refractivity contribution in [1.82, 2.24) is 14.6 Å². The van der Waals surface area contributed by atoms with E-state index in [0.717, 1.165) is 24.9 Å². The quantitative estimate of drug-likeness (QED) is 0.449. The Kier molecular flexibility index (Phi) is 7.27. The zero-order valence-corrected chi connectivity index (χ0v) is 21.1. The number of nitrogens with one attached hydrogen (secondary N) is 2. The third-order valence-electron chi connectivity index (χ3n) is 6.92. The highest BCUT2D eigenvalue weighted by molar-refractivity contribution is 7.89. The zero-order valence-electron chi connectivity index (χ0n) is 20.3. The molecule has 0 spiro atoms. The Morgan fingerprint density at radius 1 is 1.06 bits per heavy atom.